The van der Waals surface area contributed by atoms with Gasteiger partial charge in [0, 0.05) is 6.04 Å². The monoisotopic (exact) mass is 276 g/mol. The Balaban J connectivity index is 1.76. The predicted octanol–water partition coefficient (Wildman–Crippen LogP) is 1.76. The van der Waals surface area contributed by atoms with E-state index in [1.165, 1.54) is 19.3 Å². The average molecular weight is 276 g/mol. The molecule has 110 valence electrons. The van der Waals surface area contributed by atoms with Gasteiger partial charge in [-0.2, -0.15) is 0 Å². The third kappa shape index (κ3) is 4.62. The van der Waals surface area contributed by atoms with E-state index in [-0.39, 0.29) is 25.1 Å². The molecule has 20 heavy (non-hydrogen) atoms. The summed E-state index contributed by atoms with van der Waals surface area (Å²) in [5, 5.41) is 15.6. The molecule has 1 atom stereocenters. The molecule has 0 heterocycles. The number of nitrogens with one attached hydrogen (secondary N) is 2. The lowest BCUT2D eigenvalue weighted by Crippen LogP contribution is -2.42. The van der Waals surface area contributed by atoms with Gasteiger partial charge in [0.15, 0.2) is 0 Å². The van der Waals surface area contributed by atoms with Gasteiger partial charge in [0.25, 0.3) is 0 Å². The molecule has 1 amide bonds. The highest BCUT2D eigenvalue weighted by atomic mass is 16.3. The van der Waals surface area contributed by atoms with Gasteiger partial charge in [-0.15, -0.1) is 0 Å². The first kappa shape index (κ1) is 15.0. The molecule has 4 nitrogen and oxygen atoms in total. The summed E-state index contributed by atoms with van der Waals surface area (Å²) in [6.45, 7) is 0.233. The number of carbonyl (C=O) groups is 1. The normalized spacial score (nSPS) is 17.6. The van der Waals surface area contributed by atoms with E-state index >= 15 is 0 Å². The molecule has 4 heteroatoms. The van der Waals surface area contributed by atoms with Crippen LogP contribution in [0.25, 0.3) is 0 Å². The summed E-state index contributed by atoms with van der Waals surface area (Å²) in [5.74, 6) is 0.0197. The van der Waals surface area contributed by atoms with Gasteiger partial charge in [0.1, 0.15) is 0 Å². The second-order valence-corrected chi connectivity index (χ2v) is 5.43. The van der Waals surface area contributed by atoms with E-state index in [1.54, 1.807) is 0 Å². The molecule has 1 saturated carbocycles. The van der Waals surface area contributed by atoms with Gasteiger partial charge in [0.2, 0.25) is 5.91 Å². The maximum Gasteiger partial charge on any atom is 0.234 e. The number of hydrogen-bond donors (Lipinski definition) is 3. The molecule has 1 aliphatic carbocycles. The van der Waals surface area contributed by atoms with Crippen LogP contribution in [0.1, 0.15) is 43.7 Å². The Hall–Kier alpha value is -1.39. The minimum absolute atomic E-state index is 0.0132. The first-order valence-electron chi connectivity index (χ1n) is 7.48. The summed E-state index contributed by atoms with van der Waals surface area (Å²) in [6.07, 6.45) is 5.89. The molecule has 1 aromatic carbocycles. The summed E-state index contributed by atoms with van der Waals surface area (Å²) < 4.78 is 0. The third-order valence-electron chi connectivity index (χ3n) is 3.86. The number of rotatable bonds is 6. The summed E-state index contributed by atoms with van der Waals surface area (Å²) >= 11 is 0. The quantitative estimate of drug-likeness (QED) is 0.742. The van der Waals surface area contributed by atoms with E-state index in [0.29, 0.717) is 6.04 Å². The largest absolute Gasteiger partial charge is 0.394 e. The minimum Gasteiger partial charge on any atom is -0.394 e. The van der Waals surface area contributed by atoms with Gasteiger partial charge in [-0.05, 0) is 18.4 Å². The standard InChI is InChI=1S/C16H24N2O2/c19-12-15(13-7-3-1-4-8-13)17-11-16(20)18-14-9-5-2-6-10-14/h1,3-4,7-8,14-15,17,19H,2,5-6,9-12H2,(H,18,20). The lowest BCUT2D eigenvalue weighted by Gasteiger charge is -2.23. The van der Waals surface area contributed by atoms with E-state index in [1.807, 2.05) is 30.3 Å². The Labute approximate surface area is 120 Å². The van der Waals surface area contributed by atoms with Crippen LogP contribution in [0.5, 0.6) is 0 Å². The molecule has 0 aliphatic heterocycles. The Kier molecular flexibility index (Phi) is 6.02. The van der Waals surface area contributed by atoms with Gasteiger partial charge in [-0.1, -0.05) is 49.6 Å². The molecule has 0 spiro atoms. The molecule has 0 radical (unpaired) electrons. The second-order valence-electron chi connectivity index (χ2n) is 5.43. The van der Waals surface area contributed by atoms with Crippen molar-refractivity contribution in [2.24, 2.45) is 0 Å². The zero-order valence-corrected chi connectivity index (χ0v) is 11.8. The first-order chi connectivity index (χ1) is 9.79. The molecule has 1 aliphatic rings. The Bertz CT molecular complexity index is 402. The SMILES string of the molecule is O=C(CNC(CO)c1ccccc1)NC1CCCCC1. The molecule has 2 rings (SSSR count). The smallest absolute Gasteiger partial charge is 0.234 e. The van der Waals surface area contributed by atoms with Crippen molar-refractivity contribution in [3.63, 3.8) is 0 Å². The molecule has 1 fully saturated rings. The van der Waals surface area contributed by atoms with Crippen molar-refractivity contribution in [3.8, 4) is 0 Å². The number of hydrogen-bond acceptors (Lipinski definition) is 3. The summed E-state index contributed by atoms with van der Waals surface area (Å²) in [6, 6.07) is 9.85. The zero-order valence-electron chi connectivity index (χ0n) is 11.8. The maximum absolute atomic E-state index is 11.9. The summed E-state index contributed by atoms with van der Waals surface area (Å²) in [7, 11) is 0. The van der Waals surface area contributed by atoms with Gasteiger partial charge >= 0.3 is 0 Å². The van der Waals surface area contributed by atoms with Crippen molar-refractivity contribution in [3.05, 3.63) is 35.9 Å². The lowest BCUT2D eigenvalue weighted by molar-refractivity contribution is -0.121. The van der Waals surface area contributed by atoms with Crippen molar-refractivity contribution in [1.29, 1.82) is 0 Å². The summed E-state index contributed by atoms with van der Waals surface area (Å²) in [4.78, 5) is 11.9. The van der Waals surface area contributed by atoms with Crippen LogP contribution in [0, 0.1) is 0 Å². The fourth-order valence-electron chi connectivity index (χ4n) is 2.71. The van der Waals surface area contributed by atoms with Crippen LogP contribution >= 0.6 is 0 Å². The van der Waals surface area contributed by atoms with Crippen LogP contribution in [0.15, 0.2) is 30.3 Å². The van der Waals surface area contributed by atoms with Gasteiger partial charge < -0.3 is 10.4 Å². The molecular formula is C16H24N2O2. The van der Waals surface area contributed by atoms with Gasteiger partial charge in [-0.25, -0.2) is 0 Å². The number of aliphatic hydroxyl groups excluding tert-OH is 1. The van der Waals surface area contributed by atoms with Gasteiger partial charge in [-0.3, -0.25) is 10.1 Å². The van der Waals surface area contributed by atoms with E-state index in [4.69, 9.17) is 0 Å². The number of benzene rings is 1. The van der Waals surface area contributed by atoms with Crippen LogP contribution in [-0.4, -0.2) is 30.2 Å². The highest BCUT2D eigenvalue weighted by Crippen LogP contribution is 2.17. The fourth-order valence-corrected chi connectivity index (χ4v) is 2.71. The topological polar surface area (TPSA) is 61.4 Å². The van der Waals surface area contributed by atoms with Crippen molar-refractivity contribution >= 4 is 5.91 Å². The maximum atomic E-state index is 11.9. The van der Waals surface area contributed by atoms with Gasteiger partial charge in [0.05, 0.1) is 19.2 Å². The van der Waals surface area contributed by atoms with E-state index in [0.717, 1.165) is 18.4 Å². The average Bonchev–Trinajstić information content (AvgIpc) is 2.50. The fraction of sp³-hybridized carbons (Fsp3) is 0.562. The van der Waals surface area contributed by atoms with Crippen LogP contribution in [-0.2, 0) is 4.79 Å². The van der Waals surface area contributed by atoms with Crippen LogP contribution in [0.3, 0.4) is 0 Å². The highest BCUT2D eigenvalue weighted by Gasteiger charge is 2.16. The van der Waals surface area contributed by atoms with Crippen LogP contribution < -0.4 is 10.6 Å². The molecule has 3 N–H and O–H groups in total. The molecular weight excluding hydrogens is 252 g/mol. The summed E-state index contributed by atoms with van der Waals surface area (Å²) in [5.41, 5.74) is 1.00. The Morgan fingerprint density at radius 2 is 1.90 bits per heavy atom. The lowest BCUT2D eigenvalue weighted by atomic mass is 9.95. The zero-order chi connectivity index (χ0) is 14.2. The Morgan fingerprint density at radius 1 is 1.20 bits per heavy atom. The first-order valence-corrected chi connectivity index (χ1v) is 7.48. The van der Waals surface area contributed by atoms with Crippen LogP contribution in [0.2, 0.25) is 0 Å². The predicted molar refractivity (Wildman–Crippen MR) is 79.3 cm³/mol. The van der Waals surface area contributed by atoms with Crippen molar-refractivity contribution in [2.45, 2.75) is 44.2 Å². The van der Waals surface area contributed by atoms with E-state index in [2.05, 4.69) is 10.6 Å². The number of aliphatic hydroxyl groups is 1. The molecule has 0 aromatic heterocycles. The minimum atomic E-state index is -0.187. The van der Waals surface area contributed by atoms with Crippen molar-refractivity contribution < 1.29 is 9.90 Å². The molecule has 0 bridgehead atoms. The van der Waals surface area contributed by atoms with E-state index < -0.39 is 0 Å². The Morgan fingerprint density at radius 3 is 2.55 bits per heavy atom. The highest BCUT2D eigenvalue weighted by molar-refractivity contribution is 5.78. The van der Waals surface area contributed by atoms with Crippen LogP contribution in [0.4, 0.5) is 0 Å². The van der Waals surface area contributed by atoms with Crippen molar-refractivity contribution in [2.75, 3.05) is 13.2 Å². The number of carbonyl (C=O) groups excluding carboxylic acids is 1. The molecule has 1 unspecified atom stereocenters. The second kappa shape index (κ2) is 8.02. The number of amides is 1. The molecule has 1 aromatic rings. The van der Waals surface area contributed by atoms with E-state index in [9.17, 15) is 9.90 Å². The molecule has 0 saturated heterocycles. The van der Waals surface area contributed by atoms with Crippen molar-refractivity contribution in [1.82, 2.24) is 10.6 Å². The third-order valence-corrected chi connectivity index (χ3v) is 3.86.